The fourth-order valence-corrected chi connectivity index (χ4v) is 6.33. The van der Waals surface area contributed by atoms with E-state index in [2.05, 4.69) is 20.8 Å². The van der Waals surface area contributed by atoms with Crippen molar-refractivity contribution in [2.45, 2.75) is 71.8 Å². The van der Waals surface area contributed by atoms with Crippen molar-refractivity contribution in [3.8, 4) is 10.4 Å². The van der Waals surface area contributed by atoms with Crippen LogP contribution in [0.4, 0.5) is 0 Å². The van der Waals surface area contributed by atoms with Crippen LogP contribution in [0.1, 0.15) is 82.2 Å². The highest BCUT2D eigenvalue weighted by Gasteiger charge is 2.26. The minimum Gasteiger partial charge on any atom is -0.368 e. The van der Waals surface area contributed by atoms with E-state index in [9.17, 15) is 4.79 Å². The molecule has 33 heavy (non-hydrogen) atoms. The van der Waals surface area contributed by atoms with Gasteiger partial charge in [-0.3, -0.25) is 4.79 Å². The van der Waals surface area contributed by atoms with Crippen LogP contribution in [0.3, 0.4) is 0 Å². The predicted octanol–water partition coefficient (Wildman–Crippen LogP) is 7.25. The largest absolute Gasteiger partial charge is 0.368 e. The summed E-state index contributed by atoms with van der Waals surface area (Å²) < 4.78 is 0. The minimum atomic E-state index is -0.916. The van der Waals surface area contributed by atoms with E-state index in [4.69, 9.17) is 28.5 Å². The van der Waals surface area contributed by atoms with Crippen molar-refractivity contribution < 1.29 is 4.79 Å². The molecule has 0 spiro atoms. The second-order valence-corrected chi connectivity index (χ2v) is 10.9. The van der Waals surface area contributed by atoms with Crippen molar-refractivity contribution in [2.24, 2.45) is 23.3 Å². The quantitative estimate of drug-likeness (QED) is 0.231. The Balaban J connectivity index is 1.79. The topological polar surface area (TPSA) is 93.0 Å². The van der Waals surface area contributed by atoms with Gasteiger partial charge in [-0.25, -0.2) is 0 Å². The first kappa shape index (κ1) is 25.7. The number of benzene rings is 1. The molecular formula is C27H36ClN3OS. The van der Waals surface area contributed by atoms with Crippen molar-refractivity contribution in [1.82, 2.24) is 0 Å². The molecule has 0 fully saturated rings. The standard InChI is InChI=1S/C27H36ClN3OS/c1-4-6-17-13-18(5-2)20(14-17)11-16(3)12-23(29)22-15-24(19-7-9-21(28)10-8-19)33-26(22)25(30)27(31)32/h7-10,15-17,25,29H,4-6,11-14,30H2,1-3H3,(H2,31,32). The van der Waals surface area contributed by atoms with E-state index in [1.54, 1.807) is 11.1 Å². The molecule has 1 aliphatic carbocycles. The fourth-order valence-electron chi connectivity index (χ4n) is 5.00. The highest BCUT2D eigenvalue weighted by Crippen LogP contribution is 2.40. The molecule has 0 bridgehead atoms. The van der Waals surface area contributed by atoms with E-state index in [0.29, 0.717) is 28.0 Å². The Morgan fingerprint density at radius 1 is 1.21 bits per heavy atom. The number of carbonyl (C=O) groups is 1. The maximum absolute atomic E-state index is 11.9. The third-order valence-corrected chi connectivity index (χ3v) is 8.16. The zero-order valence-electron chi connectivity index (χ0n) is 19.9. The van der Waals surface area contributed by atoms with E-state index < -0.39 is 11.9 Å². The molecular weight excluding hydrogens is 450 g/mol. The molecule has 1 amide bonds. The normalized spacial score (nSPS) is 17.9. The Morgan fingerprint density at radius 3 is 2.48 bits per heavy atom. The summed E-state index contributed by atoms with van der Waals surface area (Å²) in [6, 6.07) is 8.61. The van der Waals surface area contributed by atoms with Gasteiger partial charge in [-0.2, -0.15) is 0 Å². The number of amides is 1. The van der Waals surface area contributed by atoms with Crippen molar-refractivity contribution >= 4 is 34.6 Å². The van der Waals surface area contributed by atoms with Crippen LogP contribution in [0.5, 0.6) is 0 Å². The molecule has 0 saturated carbocycles. The van der Waals surface area contributed by atoms with Crippen LogP contribution in [0.25, 0.3) is 10.4 Å². The first-order valence-corrected chi connectivity index (χ1v) is 13.1. The molecule has 0 radical (unpaired) electrons. The van der Waals surface area contributed by atoms with Crippen molar-refractivity contribution in [3.05, 3.63) is 56.9 Å². The van der Waals surface area contributed by atoms with E-state index in [1.165, 1.54) is 37.0 Å². The Kier molecular flexibility index (Phi) is 8.91. The molecule has 4 nitrogen and oxygen atoms in total. The summed E-state index contributed by atoms with van der Waals surface area (Å²) in [5.74, 6) is 0.573. The highest BCUT2D eigenvalue weighted by atomic mass is 35.5. The van der Waals surface area contributed by atoms with E-state index >= 15 is 0 Å². The van der Waals surface area contributed by atoms with Gasteiger partial charge < -0.3 is 16.9 Å². The number of halogens is 1. The van der Waals surface area contributed by atoms with E-state index in [0.717, 1.165) is 34.8 Å². The van der Waals surface area contributed by atoms with Gasteiger partial charge in [0, 0.05) is 26.1 Å². The molecule has 1 aromatic heterocycles. The number of nitrogens with two attached hydrogens (primary N) is 2. The van der Waals surface area contributed by atoms with E-state index in [1.807, 2.05) is 30.3 Å². The molecule has 6 heteroatoms. The molecule has 2 aromatic rings. The maximum atomic E-state index is 11.9. The summed E-state index contributed by atoms with van der Waals surface area (Å²) in [5, 5.41) is 9.55. The van der Waals surface area contributed by atoms with Crippen LogP contribution in [-0.2, 0) is 4.79 Å². The van der Waals surface area contributed by atoms with Crippen molar-refractivity contribution in [1.29, 1.82) is 5.41 Å². The lowest BCUT2D eigenvalue weighted by atomic mass is 9.90. The van der Waals surface area contributed by atoms with Gasteiger partial charge in [0.15, 0.2) is 0 Å². The maximum Gasteiger partial charge on any atom is 0.239 e. The van der Waals surface area contributed by atoms with Gasteiger partial charge in [0.25, 0.3) is 0 Å². The van der Waals surface area contributed by atoms with Gasteiger partial charge in [-0.15, -0.1) is 11.3 Å². The molecule has 3 rings (SSSR count). The monoisotopic (exact) mass is 485 g/mol. The van der Waals surface area contributed by atoms with E-state index in [-0.39, 0.29) is 0 Å². The second-order valence-electron chi connectivity index (χ2n) is 9.39. The smallest absolute Gasteiger partial charge is 0.239 e. The van der Waals surface area contributed by atoms with Crippen LogP contribution in [-0.4, -0.2) is 11.6 Å². The molecule has 1 heterocycles. The van der Waals surface area contributed by atoms with Crippen LogP contribution in [0, 0.1) is 17.2 Å². The third kappa shape index (κ3) is 6.34. The first-order valence-electron chi connectivity index (χ1n) is 12.0. The summed E-state index contributed by atoms with van der Waals surface area (Å²) in [4.78, 5) is 13.5. The van der Waals surface area contributed by atoms with Gasteiger partial charge in [-0.1, -0.05) is 68.5 Å². The Labute approximate surface area is 206 Å². The number of allylic oxidation sites excluding steroid dienone is 2. The summed E-state index contributed by atoms with van der Waals surface area (Å²) in [6.07, 6.45) is 7.82. The Bertz CT molecular complexity index is 1020. The summed E-state index contributed by atoms with van der Waals surface area (Å²) in [7, 11) is 0. The SMILES string of the molecule is CCCC1CC(CC)=C(CC(C)CC(=N)c2cc(-c3ccc(Cl)cc3)sc2C(N)C(N)=O)C1. The van der Waals surface area contributed by atoms with Crippen LogP contribution < -0.4 is 11.5 Å². The highest BCUT2D eigenvalue weighted by molar-refractivity contribution is 7.16. The minimum absolute atomic E-state index is 0.353. The summed E-state index contributed by atoms with van der Waals surface area (Å²) in [6.45, 7) is 6.75. The van der Waals surface area contributed by atoms with Crippen LogP contribution in [0.15, 0.2) is 41.5 Å². The van der Waals surface area contributed by atoms with Gasteiger partial charge in [0.2, 0.25) is 5.91 Å². The zero-order valence-corrected chi connectivity index (χ0v) is 21.5. The Hall–Kier alpha value is -1.95. The first-order chi connectivity index (χ1) is 15.7. The Morgan fingerprint density at radius 2 is 1.88 bits per heavy atom. The molecule has 1 aliphatic rings. The average Bonchev–Trinajstić information content (AvgIpc) is 3.38. The lowest BCUT2D eigenvalue weighted by molar-refractivity contribution is -0.119. The average molecular weight is 486 g/mol. The van der Waals surface area contributed by atoms with Crippen LogP contribution in [0.2, 0.25) is 5.02 Å². The number of rotatable bonds is 11. The lowest BCUT2D eigenvalue weighted by Crippen LogP contribution is -2.28. The molecule has 178 valence electrons. The number of primary amides is 1. The van der Waals surface area contributed by atoms with Crippen molar-refractivity contribution in [2.75, 3.05) is 0 Å². The second kappa shape index (κ2) is 11.5. The predicted molar refractivity (Wildman–Crippen MR) is 141 cm³/mol. The van der Waals surface area contributed by atoms with Crippen LogP contribution >= 0.6 is 22.9 Å². The number of thiophene rings is 1. The molecule has 3 atom stereocenters. The van der Waals surface area contributed by atoms with Gasteiger partial charge in [0.05, 0.1) is 0 Å². The molecule has 5 N–H and O–H groups in total. The molecule has 0 aliphatic heterocycles. The zero-order chi connectivity index (χ0) is 24.1. The molecule has 0 saturated heterocycles. The third-order valence-electron chi connectivity index (χ3n) is 6.64. The number of hydrogen-bond donors (Lipinski definition) is 3. The molecule has 1 aromatic carbocycles. The van der Waals surface area contributed by atoms with Gasteiger partial charge >= 0.3 is 0 Å². The number of nitrogens with one attached hydrogen (secondary N) is 1. The molecule has 3 unspecified atom stereocenters. The van der Waals surface area contributed by atoms with Crippen molar-refractivity contribution in [3.63, 3.8) is 0 Å². The van der Waals surface area contributed by atoms with Gasteiger partial charge in [0.1, 0.15) is 6.04 Å². The summed E-state index contributed by atoms with van der Waals surface area (Å²) >= 11 is 7.47. The lowest BCUT2D eigenvalue weighted by Gasteiger charge is -2.16. The fraction of sp³-hybridized carbons (Fsp3) is 0.481. The number of carbonyl (C=O) groups excluding carboxylic acids is 1. The van der Waals surface area contributed by atoms with Gasteiger partial charge in [-0.05, 0) is 67.7 Å². The number of hydrogen-bond acceptors (Lipinski definition) is 4. The summed E-state index contributed by atoms with van der Waals surface area (Å²) in [5.41, 5.74) is 17.2.